The van der Waals surface area contributed by atoms with Crippen LogP contribution in [-0.4, -0.2) is 51.2 Å². The lowest BCUT2D eigenvalue weighted by atomic mass is 9.93. The van der Waals surface area contributed by atoms with Gasteiger partial charge in [-0.25, -0.2) is 0 Å². The first-order valence-corrected chi connectivity index (χ1v) is 6.36. The molecule has 0 rings (SSSR count). The Bertz CT molecular complexity index is 215. The molecule has 0 spiro atoms. The van der Waals surface area contributed by atoms with Gasteiger partial charge in [-0.3, -0.25) is 4.79 Å². The molecule has 17 heavy (non-hydrogen) atoms. The van der Waals surface area contributed by atoms with Crippen molar-refractivity contribution in [2.75, 3.05) is 40.4 Å². The zero-order chi connectivity index (χ0) is 13.3. The molecular formula is C13H28N2O2. The Morgan fingerprint density at radius 1 is 1.35 bits per heavy atom. The van der Waals surface area contributed by atoms with Gasteiger partial charge in [0.25, 0.3) is 0 Å². The van der Waals surface area contributed by atoms with Gasteiger partial charge < -0.3 is 15.0 Å². The fraction of sp³-hybridized carbons (Fsp3) is 0.923. The Labute approximate surface area is 106 Å². The van der Waals surface area contributed by atoms with Gasteiger partial charge in [-0.2, -0.15) is 0 Å². The molecule has 0 aromatic heterocycles. The van der Waals surface area contributed by atoms with Crippen LogP contribution in [0.3, 0.4) is 0 Å². The van der Waals surface area contributed by atoms with E-state index in [1.54, 1.807) is 0 Å². The summed E-state index contributed by atoms with van der Waals surface area (Å²) in [5, 5.41) is 2.98. The quantitative estimate of drug-likeness (QED) is 0.625. The van der Waals surface area contributed by atoms with Crippen LogP contribution in [0.5, 0.6) is 0 Å². The molecule has 0 radical (unpaired) electrons. The molecule has 0 bridgehead atoms. The minimum atomic E-state index is 0.110. The molecule has 0 unspecified atom stereocenters. The molecule has 1 amide bonds. The van der Waals surface area contributed by atoms with Crippen LogP contribution in [0.4, 0.5) is 0 Å². The van der Waals surface area contributed by atoms with Crippen molar-refractivity contribution < 1.29 is 9.53 Å². The van der Waals surface area contributed by atoms with Crippen molar-refractivity contribution in [1.29, 1.82) is 0 Å². The predicted molar refractivity (Wildman–Crippen MR) is 71.1 cm³/mol. The lowest BCUT2D eigenvalue weighted by molar-refractivity contribution is -0.121. The fourth-order valence-electron chi connectivity index (χ4n) is 1.82. The Hall–Kier alpha value is -0.610. The number of amides is 1. The van der Waals surface area contributed by atoms with Crippen LogP contribution in [-0.2, 0) is 9.53 Å². The Balaban J connectivity index is 3.68. The van der Waals surface area contributed by atoms with Gasteiger partial charge in [-0.1, -0.05) is 13.8 Å². The molecule has 0 saturated carbocycles. The summed E-state index contributed by atoms with van der Waals surface area (Å²) in [7, 11) is 4.09. The number of carbonyl (C=O) groups excluding carboxylic acids is 1. The maximum Gasteiger partial charge on any atom is 0.220 e. The highest BCUT2D eigenvalue weighted by Gasteiger charge is 2.19. The van der Waals surface area contributed by atoms with Crippen molar-refractivity contribution in [2.24, 2.45) is 5.41 Å². The third kappa shape index (κ3) is 10.3. The SMILES string of the molecule is CCOCCCC(=O)NCC(C)(C)CN(C)C. The maximum absolute atomic E-state index is 11.6. The molecule has 1 N–H and O–H groups in total. The second-order valence-electron chi connectivity index (χ2n) is 5.48. The van der Waals surface area contributed by atoms with E-state index in [1.165, 1.54) is 0 Å². The minimum absolute atomic E-state index is 0.110. The Morgan fingerprint density at radius 3 is 2.53 bits per heavy atom. The van der Waals surface area contributed by atoms with E-state index in [0.717, 1.165) is 26.1 Å². The number of nitrogens with one attached hydrogen (secondary N) is 1. The molecule has 0 aromatic carbocycles. The summed E-state index contributed by atoms with van der Waals surface area (Å²) in [6.45, 7) is 9.36. The first-order valence-electron chi connectivity index (χ1n) is 6.36. The van der Waals surface area contributed by atoms with Crippen LogP contribution in [0.1, 0.15) is 33.6 Å². The second kappa shape index (κ2) is 8.48. The summed E-state index contributed by atoms with van der Waals surface area (Å²) in [6, 6.07) is 0. The summed E-state index contributed by atoms with van der Waals surface area (Å²) in [5.41, 5.74) is 0.110. The molecule has 0 aliphatic carbocycles. The largest absolute Gasteiger partial charge is 0.382 e. The van der Waals surface area contributed by atoms with E-state index in [4.69, 9.17) is 4.74 Å². The van der Waals surface area contributed by atoms with Crippen LogP contribution < -0.4 is 5.32 Å². The van der Waals surface area contributed by atoms with Gasteiger partial charge in [-0.05, 0) is 32.9 Å². The van der Waals surface area contributed by atoms with Crippen LogP contribution in [0.15, 0.2) is 0 Å². The van der Waals surface area contributed by atoms with Crippen molar-refractivity contribution in [3.05, 3.63) is 0 Å². The topological polar surface area (TPSA) is 41.6 Å². The first kappa shape index (κ1) is 16.4. The highest BCUT2D eigenvalue weighted by atomic mass is 16.5. The summed E-state index contributed by atoms with van der Waals surface area (Å²) in [6.07, 6.45) is 1.35. The lowest BCUT2D eigenvalue weighted by Crippen LogP contribution is -2.39. The van der Waals surface area contributed by atoms with E-state index in [2.05, 4.69) is 24.1 Å². The van der Waals surface area contributed by atoms with Crippen molar-refractivity contribution in [3.8, 4) is 0 Å². The second-order valence-corrected chi connectivity index (χ2v) is 5.48. The standard InChI is InChI=1S/C13H28N2O2/c1-6-17-9-7-8-12(16)14-10-13(2,3)11-15(4)5/h6-11H2,1-5H3,(H,14,16). The monoisotopic (exact) mass is 244 g/mol. The molecule has 0 fully saturated rings. The molecular weight excluding hydrogens is 216 g/mol. The van der Waals surface area contributed by atoms with Crippen molar-refractivity contribution in [1.82, 2.24) is 10.2 Å². The van der Waals surface area contributed by atoms with Gasteiger partial charge in [0.2, 0.25) is 5.91 Å². The summed E-state index contributed by atoms with van der Waals surface area (Å²) in [5.74, 6) is 0.122. The number of hydrogen-bond acceptors (Lipinski definition) is 3. The lowest BCUT2D eigenvalue weighted by Gasteiger charge is -2.28. The molecule has 4 nitrogen and oxygen atoms in total. The van der Waals surface area contributed by atoms with E-state index < -0.39 is 0 Å². The number of nitrogens with zero attached hydrogens (tertiary/aromatic N) is 1. The maximum atomic E-state index is 11.6. The molecule has 102 valence electrons. The van der Waals surface area contributed by atoms with Crippen molar-refractivity contribution >= 4 is 5.91 Å². The highest BCUT2D eigenvalue weighted by molar-refractivity contribution is 5.75. The van der Waals surface area contributed by atoms with E-state index >= 15 is 0 Å². The van der Waals surface area contributed by atoms with Gasteiger partial charge in [-0.15, -0.1) is 0 Å². The van der Waals surface area contributed by atoms with Crippen LogP contribution in [0, 0.1) is 5.41 Å². The van der Waals surface area contributed by atoms with Crippen LogP contribution in [0.2, 0.25) is 0 Å². The molecule has 0 atom stereocenters. The van der Waals surface area contributed by atoms with Crippen LogP contribution >= 0.6 is 0 Å². The van der Waals surface area contributed by atoms with E-state index in [1.807, 2.05) is 21.0 Å². The first-order chi connectivity index (χ1) is 7.87. The molecule has 0 aromatic rings. The normalized spacial score (nSPS) is 11.9. The highest BCUT2D eigenvalue weighted by Crippen LogP contribution is 2.14. The smallest absolute Gasteiger partial charge is 0.220 e. The zero-order valence-corrected chi connectivity index (χ0v) is 12.0. The van der Waals surface area contributed by atoms with E-state index in [0.29, 0.717) is 13.0 Å². The third-order valence-corrected chi connectivity index (χ3v) is 2.41. The Morgan fingerprint density at radius 2 is 2.00 bits per heavy atom. The molecule has 0 saturated heterocycles. The summed E-state index contributed by atoms with van der Waals surface area (Å²) < 4.78 is 5.20. The van der Waals surface area contributed by atoms with E-state index in [-0.39, 0.29) is 11.3 Å². The number of ether oxygens (including phenoxy) is 1. The van der Waals surface area contributed by atoms with Crippen molar-refractivity contribution in [2.45, 2.75) is 33.6 Å². The Kier molecular flexibility index (Phi) is 8.17. The average molecular weight is 244 g/mol. The summed E-state index contributed by atoms with van der Waals surface area (Å²) in [4.78, 5) is 13.7. The third-order valence-electron chi connectivity index (χ3n) is 2.41. The van der Waals surface area contributed by atoms with Gasteiger partial charge in [0, 0.05) is 32.7 Å². The van der Waals surface area contributed by atoms with Gasteiger partial charge in [0.1, 0.15) is 0 Å². The van der Waals surface area contributed by atoms with Gasteiger partial charge in [0.15, 0.2) is 0 Å². The van der Waals surface area contributed by atoms with E-state index in [9.17, 15) is 4.79 Å². The summed E-state index contributed by atoms with van der Waals surface area (Å²) >= 11 is 0. The average Bonchev–Trinajstić information content (AvgIpc) is 2.20. The van der Waals surface area contributed by atoms with Crippen LogP contribution in [0.25, 0.3) is 0 Å². The van der Waals surface area contributed by atoms with Gasteiger partial charge >= 0.3 is 0 Å². The number of hydrogen-bond donors (Lipinski definition) is 1. The van der Waals surface area contributed by atoms with Crippen molar-refractivity contribution in [3.63, 3.8) is 0 Å². The molecule has 4 heteroatoms. The molecule has 0 aliphatic rings. The number of rotatable bonds is 9. The molecule has 0 aliphatic heterocycles. The minimum Gasteiger partial charge on any atom is -0.382 e. The zero-order valence-electron chi connectivity index (χ0n) is 12.0. The number of carbonyl (C=O) groups is 1. The predicted octanol–water partition coefficient (Wildman–Crippen LogP) is 1.51. The molecule has 0 heterocycles. The fourth-order valence-corrected chi connectivity index (χ4v) is 1.82. The van der Waals surface area contributed by atoms with Gasteiger partial charge in [0.05, 0.1) is 0 Å².